The molecule has 1 aliphatic heterocycles. The molecule has 1 aliphatic rings. The topological polar surface area (TPSA) is 60.5 Å². The van der Waals surface area contributed by atoms with E-state index in [4.69, 9.17) is 18.9 Å². The van der Waals surface area contributed by atoms with Gasteiger partial charge in [-0.1, -0.05) is 6.07 Å². The molecule has 0 fully saturated rings. The third kappa shape index (κ3) is 5.53. The molecule has 172 valence electrons. The summed E-state index contributed by atoms with van der Waals surface area (Å²) < 4.78 is 21.4. The summed E-state index contributed by atoms with van der Waals surface area (Å²) in [5, 5.41) is 0. The molecule has 0 saturated heterocycles. The van der Waals surface area contributed by atoms with Gasteiger partial charge >= 0.3 is 0 Å². The zero-order valence-electron chi connectivity index (χ0n) is 19.5. The molecule has 0 atom stereocenters. The number of fused-ring (bicyclic) bond motifs is 1. The second-order valence-electron chi connectivity index (χ2n) is 7.73. The largest absolute Gasteiger partial charge is 0.493 e. The van der Waals surface area contributed by atoms with E-state index in [2.05, 4.69) is 18.0 Å². The van der Waals surface area contributed by atoms with Gasteiger partial charge in [-0.25, -0.2) is 0 Å². The smallest absolute Gasteiger partial charge is 0.231 e. The van der Waals surface area contributed by atoms with Gasteiger partial charge in [0.1, 0.15) is 0 Å². The highest BCUT2D eigenvalue weighted by molar-refractivity contribution is 5.84. The molecule has 0 bridgehead atoms. The Balaban J connectivity index is 1.57. The lowest BCUT2D eigenvalue weighted by atomic mass is 10.0. The quantitative estimate of drug-likeness (QED) is 0.565. The summed E-state index contributed by atoms with van der Waals surface area (Å²) in [4.78, 5) is 16.8. The number of nitrogens with zero attached hydrogens (tertiary/aromatic N) is 2. The number of amides is 1. The van der Waals surface area contributed by atoms with Crippen LogP contribution < -0.4 is 18.9 Å². The lowest BCUT2D eigenvalue weighted by molar-refractivity contribution is -0.127. The molecule has 32 heavy (non-hydrogen) atoms. The van der Waals surface area contributed by atoms with Gasteiger partial charge in [0.25, 0.3) is 0 Å². The number of rotatable bonds is 10. The summed E-state index contributed by atoms with van der Waals surface area (Å²) in [6.07, 6.45) is 5.04. The van der Waals surface area contributed by atoms with Crippen LogP contribution in [0.5, 0.6) is 23.0 Å². The van der Waals surface area contributed by atoms with E-state index >= 15 is 0 Å². The summed E-state index contributed by atoms with van der Waals surface area (Å²) >= 11 is 0. The average molecular weight is 441 g/mol. The van der Waals surface area contributed by atoms with Crippen LogP contribution in [-0.2, 0) is 17.6 Å². The van der Waals surface area contributed by atoms with Gasteiger partial charge in [0.2, 0.25) is 5.91 Å². The second-order valence-corrected chi connectivity index (χ2v) is 7.73. The fourth-order valence-corrected chi connectivity index (χ4v) is 3.71. The van der Waals surface area contributed by atoms with Gasteiger partial charge in [0.15, 0.2) is 23.0 Å². The van der Waals surface area contributed by atoms with Crippen molar-refractivity contribution < 1.29 is 23.7 Å². The molecule has 7 heteroatoms. The van der Waals surface area contributed by atoms with Crippen molar-refractivity contribution in [2.45, 2.75) is 12.8 Å². The molecule has 0 aliphatic carbocycles. The summed E-state index contributed by atoms with van der Waals surface area (Å²) in [5.41, 5.74) is 3.09. The van der Waals surface area contributed by atoms with Gasteiger partial charge in [-0.05, 0) is 60.5 Å². The van der Waals surface area contributed by atoms with Crippen molar-refractivity contribution in [2.75, 3.05) is 55.1 Å². The molecule has 7 nitrogen and oxygen atoms in total. The molecule has 0 unspecified atom stereocenters. The molecule has 2 aromatic carbocycles. The first-order valence-electron chi connectivity index (χ1n) is 10.6. The molecule has 3 rings (SSSR count). The molecular weight excluding hydrogens is 408 g/mol. The Morgan fingerprint density at radius 2 is 1.53 bits per heavy atom. The first kappa shape index (κ1) is 23.5. The third-order valence-corrected chi connectivity index (χ3v) is 5.69. The van der Waals surface area contributed by atoms with Gasteiger partial charge in [-0.15, -0.1) is 0 Å². The molecule has 1 heterocycles. The van der Waals surface area contributed by atoms with Crippen LogP contribution in [0.25, 0.3) is 6.08 Å². The zero-order valence-corrected chi connectivity index (χ0v) is 19.5. The Morgan fingerprint density at radius 1 is 0.875 bits per heavy atom. The Bertz CT molecular complexity index is 973. The maximum Gasteiger partial charge on any atom is 0.231 e. The number of hydrogen-bond donors (Lipinski definition) is 0. The van der Waals surface area contributed by atoms with Gasteiger partial charge in [0.05, 0.1) is 34.9 Å². The van der Waals surface area contributed by atoms with E-state index in [1.54, 1.807) is 33.3 Å². The summed E-state index contributed by atoms with van der Waals surface area (Å²) in [5.74, 6) is 2.83. The SMILES string of the molecule is COc1ccc(CCN(C)CCN2C=Cc3cc(OC)c(OC)cc3CC2=O)cc1OC. The minimum Gasteiger partial charge on any atom is -0.493 e. The van der Waals surface area contributed by atoms with Gasteiger partial charge in [0, 0.05) is 25.8 Å². The monoisotopic (exact) mass is 440 g/mol. The number of ether oxygens (including phenoxy) is 4. The van der Waals surface area contributed by atoms with Crippen molar-refractivity contribution in [3.8, 4) is 23.0 Å². The van der Waals surface area contributed by atoms with Crippen LogP contribution in [0.15, 0.2) is 36.5 Å². The molecule has 0 aromatic heterocycles. The van der Waals surface area contributed by atoms with Crippen LogP contribution in [-0.4, -0.2) is 70.8 Å². The Hall–Kier alpha value is -3.19. The van der Waals surface area contributed by atoms with Gasteiger partial charge in [-0.3, -0.25) is 4.79 Å². The Morgan fingerprint density at radius 3 is 2.22 bits per heavy atom. The average Bonchev–Trinajstić information content (AvgIpc) is 2.97. The molecule has 0 saturated carbocycles. The van der Waals surface area contributed by atoms with Crippen LogP contribution in [0.1, 0.15) is 16.7 Å². The van der Waals surface area contributed by atoms with E-state index in [9.17, 15) is 4.79 Å². The van der Waals surface area contributed by atoms with Crippen molar-refractivity contribution >= 4 is 12.0 Å². The van der Waals surface area contributed by atoms with Crippen LogP contribution >= 0.6 is 0 Å². The highest BCUT2D eigenvalue weighted by atomic mass is 16.5. The fourth-order valence-electron chi connectivity index (χ4n) is 3.71. The standard InChI is InChI=1S/C25H32N2O5/c1-26(10-8-18-6-7-21(29-2)22(14-18)30-3)12-13-27-11-9-19-15-23(31-4)24(32-5)16-20(19)17-25(27)28/h6-7,9,11,14-16H,8,10,12-13,17H2,1-5H3. The van der Waals surface area contributed by atoms with Crippen molar-refractivity contribution in [1.82, 2.24) is 9.80 Å². The zero-order chi connectivity index (χ0) is 23.1. The van der Waals surface area contributed by atoms with E-state index in [0.29, 0.717) is 24.5 Å². The number of methoxy groups -OCH3 is 4. The van der Waals surface area contributed by atoms with E-state index in [0.717, 1.165) is 42.1 Å². The molecule has 0 spiro atoms. The van der Waals surface area contributed by atoms with Crippen molar-refractivity contribution in [3.05, 3.63) is 53.2 Å². The van der Waals surface area contributed by atoms with Crippen LogP contribution in [0.2, 0.25) is 0 Å². The lowest BCUT2D eigenvalue weighted by Crippen LogP contribution is -2.35. The molecule has 1 amide bonds. The predicted molar refractivity (Wildman–Crippen MR) is 125 cm³/mol. The minimum absolute atomic E-state index is 0.0699. The molecular formula is C25H32N2O5. The van der Waals surface area contributed by atoms with Gasteiger partial charge in [-0.2, -0.15) is 0 Å². The third-order valence-electron chi connectivity index (χ3n) is 5.69. The lowest BCUT2D eigenvalue weighted by Gasteiger charge is -2.22. The van der Waals surface area contributed by atoms with E-state index < -0.39 is 0 Å². The number of carbonyl (C=O) groups is 1. The highest BCUT2D eigenvalue weighted by Crippen LogP contribution is 2.32. The summed E-state index contributed by atoms with van der Waals surface area (Å²) in [6.45, 7) is 2.27. The minimum atomic E-state index is 0.0699. The van der Waals surface area contributed by atoms with E-state index in [-0.39, 0.29) is 5.91 Å². The van der Waals surface area contributed by atoms with Crippen LogP contribution in [0.4, 0.5) is 0 Å². The Kier molecular flexibility index (Phi) is 8.00. The van der Waals surface area contributed by atoms with E-state index in [1.165, 1.54) is 5.56 Å². The van der Waals surface area contributed by atoms with Crippen LogP contribution in [0.3, 0.4) is 0 Å². The van der Waals surface area contributed by atoms with Crippen LogP contribution in [0, 0.1) is 0 Å². The first-order valence-corrected chi connectivity index (χ1v) is 10.6. The first-order chi connectivity index (χ1) is 15.5. The van der Waals surface area contributed by atoms with Crippen molar-refractivity contribution in [2.24, 2.45) is 0 Å². The molecule has 0 N–H and O–H groups in total. The fraction of sp³-hybridized carbons (Fsp3) is 0.400. The number of likely N-dealkylation sites (N-methyl/N-ethyl adjacent to an activating group) is 1. The van der Waals surface area contributed by atoms with E-state index in [1.807, 2.05) is 36.5 Å². The normalized spacial score (nSPS) is 13.1. The number of carbonyl (C=O) groups excluding carboxylic acids is 1. The second kappa shape index (κ2) is 10.9. The number of hydrogen-bond acceptors (Lipinski definition) is 6. The Labute approximate surface area is 190 Å². The van der Waals surface area contributed by atoms with Crippen molar-refractivity contribution in [3.63, 3.8) is 0 Å². The molecule has 2 aromatic rings. The summed E-state index contributed by atoms with van der Waals surface area (Å²) in [6, 6.07) is 9.78. The summed E-state index contributed by atoms with van der Waals surface area (Å²) in [7, 11) is 8.55. The number of benzene rings is 2. The molecule has 0 radical (unpaired) electrons. The maximum absolute atomic E-state index is 12.8. The van der Waals surface area contributed by atoms with Gasteiger partial charge < -0.3 is 28.7 Å². The predicted octanol–water partition coefficient (Wildman–Crippen LogP) is 3.25. The highest BCUT2D eigenvalue weighted by Gasteiger charge is 2.19. The van der Waals surface area contributed by atoms with Crippen molar-refractivity contribution in [1.29, 1.82) is 0 Å². The maximum atomic E-state index is 12.8.